The van der Waals surface area contributed by atoms with Gasteiger partial charge in [0.05, 0.1) is 13.3 Å². The number of carbonyl (C=O) groups is 2. The molecule has 0 unspecified atom stereocenters. The van der Waals surface area contributed by atoms with Crippen LogP contribution in [0.1, 0.15) is 18.1 Å². The summed E-state index contributed by atoms with van der Waals surface area (Å²) in [4.78, 5) is 24.3. The number of nitrogens with zero attached hydrogens (tertiary/aromatic N) is 1. The lowest BCUT2D eigenvalue weighted by Gasteiger charge is -2.12. The van der Waals surface area contributed by atoms with Crippen LogP contribution in [0.4, 0.5) is 0 Å². The quantitative estimate of drug-likeness (QED) is 0.156. The van der Waals surface area contributed by atoms with E-state index in [1.807, 2.05) is 30.3 Å². The van der Waals surface area contributed by atoms with Crippen molar-refractivity contribution in [2.24, 2.45) is 5.10 Å². The van der Waals surface area contributed by atoms with Gasteiger partial charge in [0.25, 0.3) is 5.91 Å². The maximum atomic E-state index is 12.2. The second-order valence-corrected chi connectivity index (χ2v) is 7.46. The van der Waals surface area contributed by atoms with Crippen molar-refractivity contribution in [1.82, 2.24) is 5.43 Å². The van der Waals surface area contributed by atoms with Gasteiger partial charge in [0.2, 0.25) is 0 Å². The standard InChI is InChI=1S/C26H23ClN2O5/c1-18(33-22-12-10-21(27)11-13-22)26(31)29-28-17-20-8-14-23(24(16-20)32-2)34-25(30)15-9-19-6-4-3-5-7-19/h3-18H,1-2H3,(H,29,31)/b15-9+,28-17-/t18-/m1/s1. The Morgan fingerprint density at radius 1 is 0.971 bits per heavy atom. The van der Waals surface area contributed by atoms with Crippen LogP contribution in [0.15, 0.2) is 84.0 Å². The van der Waals surface area contributed by atoms with Crippen molar-refractivity contribution in [2.75, 3.05) is 7.11 Å². The first-order valence-electron chi connectivity index (χ1n) is 10.3. The summed E-state index contributed by atoms with van der Waals surface area (Å²) in [5.41, 5.74) is 3.93. The Bertz CT molecular complexity index is 1180. The Morgan fingerprint density at radius 2 is 1.71 bits per heavy atom. The molecule has 0 aliphatic heterocycles. The van der Waals surface area contributed by atoms with Crippen molar-refractivity contribution in [3.05, 3.63) is 95.0 Å². The molecule has 7 nitrogen and oxygen atoms in total. The number of amides is 1. The Balaban J connectivity index is 1.55. The van der Waals surface area contributed by atoms with E-state index >= 15 is 0 Å². The predicted octanol–water partition coefficient (Wildman–Crippen LogP) is 4.89. The van der Waals surface area contributed by atoms with Gasteiger partial charge in [-0.15, -0.1) is 0 Å². The number of nitrogens with one attached hydrogen (secondary N) is 1. The number of rotatable bonds is 9. The summed E-state index contributed by atoms with van der Waals surface area (Å²) in [6, 6.07) is 21.0. The van der Waals surface area contributed by atoms with Crippen LogP contribution in [-0.4, -0.2) is 31.3 Å². The van der Waals surface area contributed by atoms with Crippen molar-refractivity contribution in [3.63, 3.8) is 0 Å². The van der Waals surface area contributed by atoms with Gasteiger partial charge < -0.3 is 14.2 Å². The van der Waals surface area contributed by atoms with Crippen LogP contribution in [0, 0.1) is 0 Å². The molecule has 0 saturated heterocycles. The number of methoxy groups -OCH3 is 1. The van der Waals surface area contributed by atoms with E-state index in [0.29, 0.717) is 22.1 Å². The topological polar surface area (TPSA) is 86.2 Å². The van der Waals surface area contributed by atoms with E-state index in [1.165, 1.54) is 19.4 Å². The van der Waals surface area contributed by atoms with Crippen LogP contribution < -0.4 is 19.6 Å². The van der Waals surface area contributed by atoms with E-state index in [1.54, 1.807) is 55.5 Å². The minimum atomic E-state index is -0.765. The molecule has 0 spiro atoms. The Hall–Kier alpha value is -4.10. The van der Waals surface area contributed by atoms with Gasteiger partial charge in [-0.1, -0.05) is 41.9 Å². The predicted molar refractivity (Wildman–Crippen MR) is 131 cm³/mol. The third-order valence-electron chi connectivity index (χ3n) is 4.49. The molecule has 0 aliphatic rings. The van der Waals surface area contributed by atoms with Crippen molar-refractivity contribution in [3.8, 4) is 17.2 Å². The summed E-state index contributed by atoms with van der Waals surface area (Å²) in [7, 11) is 1.46. The lowest BCUT2D eigenvalue weighted by atomic mass is 10.2. The molecule has 0 aromatic heterocycles. The first-order chi connectivity index (χ1) is 16.4. The van der Waals surface area contributed by atoms with Crippen LogP contribution in [0.25, 0.3) is 6.08 Å². The molecule has 1 N–H and O–H groups in total. The highest BCUT2D eigenvalue weighted by Crippen LogP contribution is 2.28. The molecule has 8 heteroatoms. The normalized spacial score (nSPS) is 11.9. The average Bonchev–Trinajstić information content (AvgIpc) is 2.85. The number of benzene rings is 3. The van der Waals surface area contributed by atoms with Crippen molar-refractivity contribution >= 4 is 35.8 Å². The van der Waals surface area contributed by atoms with E-state index in [4.69, 9.17) is 25.8 Å². The van der Waals surface area contributed by atoms with Gasteiger partial charge in [-0.3, -0.25) is 4.79 Å². The highest BCUT2D eigenvalue weighted by molar-refractivity contribution is 6.30. The summed E-state index contributed by atoms with van der Waals surface area (Å²) in [6.07, 6.45) is 3.68. The molecule has 0 fully saturated rings. The van der Waals surface area contributed by atoms with Gasteiger partial charge in [-0.2, -0.15) is 5.10 Å². The van der Waals surface area contributed by atoms with Gasteiger partial charge in [-0.05, 0) is 66.6 Å². The lowest BCUT2D eigenvalue weighted by Crippen LogP contribution is -2.33. The molecule has 1 atom stereocenters. The molecule has 174 valence electrons. The molecule has 0 aliphatic carbocycles. The number of hydrogen-bond acceptors (Lipinski definition) is 6. The summed E-state index contributed by atoms with van der Waals surface area (Å²) in [5.74, 6) is 0.163. The zero-order valence-corrected chi connectivity index (χ0v) is 19.4. The number of hydrazone groups is 1. The summed E-state index contributed by atoms with van der Waals surface area (Å²) < 4.78 is 16.2. The van der Waals surface area contributed by atoms with Crippen LogP contribution in [0.5, 0.6) is 17.2 Å². The minimum absolute atomic E-state index is 0.261. The molecule has 3 aromatic rings. The van der Waals surface area contributed by atoms with Crippen LogP contribution in [0.2, 0.25) is 5.02 Å². The number of carbonyl (C=O) groups excluding carboxylic acids is 2. The largest absolute Gasteiger partial charge is 0.493 e. The van der Waals surface area contributed by atoms with Gasteiger partial charge in [0.1, 0.15) is 5.75 Å². The van der Waals surface area contributed by atoms with Gasteiger partial charge in [-0.25, -0.2) is 10.2 Å². The number of halogens is 1. The highest BCUT2D eigenvalue weighted by atomic mass is 35.5. The molecule has 0 saturated carbocycles. The van der Waals surface area contributed by atoms with Gasteiger partial charge in [0, 0.05) is 11.1 Å². The second kappa shape index (κ2) is 12.2. The fraction of sp³-hybridized carbons (Fsp3) is 0.115. The van der Waals surface area contributed by atoms with Crippen LogP contribution in [-0.2, 0) is 9.59 Å². The highest BCUT2D eigenvalue weighted by Gasteiger charge is 2.14. The number of hydrogen-bond donors (Lipinski definition) is 1. The SMILES string of the molecule is COc1cc(/C=N\NC(=O)[C@@H](C)Oc2ccc(Cl)cc2)ccc1OC(=O)/C=C/c1ccccc1. The fourth-order valence-electron chi connectivity index (χ4n) is 2.75. The molecule has 0 bridgehead atoms. The maximum absolute atomic E-state index is 12.2. The maximum Gasteiger partial charge on any atom is 0.336 e. The Kier molecular flexibility index (Phi) is 8.82. The average molecular weight is 479 g/mol. The van der Waals surface area contributed by atoms with Gasteiger partial charge in [0.15, 0.2) is 17.6 Å². The van der Waals surface area contributed by atoms with Crippen molar-refractivity contribution in [2.45, 2.75) is 13.0 Å². The summed E-state index contributed by atoms with van der Waals surface area (Å²) in [5, 5.41) is 4.52. The van der Waals surface area contributed by atoms with E-state index in [9.17, 15) is 9.59 Å². The Labute approximate surface area is 202 Å². The van der Waals surface area contributed by atoms with Crippen molar-refractivity contribution in [1.29, 1.82) is 0 Å². The molecular formula is C26H23ClN2O5. The van der Waals surface area contributed by atoms with E-state index in [-0.39, 0.29) is 5.75 Å². The van der Waals surface area contributed by atoms with E-state index in [2.05, 4.69) is 10.5 Å². The molecule has 34 heavy (non-hydrogen) atoms. The fourth-order valence-corrected chi connectivity index (χ4v) is 2.88. The molecular weight excluding hydrogens is 456 g/mol. The zero-order chi connectivity index (χ0) is 24.3. The molecule has 0 heterocycles. The first kappa shape index (κ1) is 24.5. The van der Waals surface area contributed by atoms with Gasteiger partial charge >= 0.3 is 5.97 Å². The van der Waals surface area contributed by atoms with Crippen molar-refractivity contribution < 1.29 is 23.8 Å². The molecule has 0 radical (unpaired) electrons. The van der Waals surface area contributed by atoms with E-state index < -0.39 is 18.0 Å². The second-order valence-electron chi connectivity index (χ2n) is 7.02. The summed E-state index contributed by atoms with van der Waals surface area (Å²) in [6.45, 7) is 1.61. The monoisotopic (exact) mass is 478 g/mol. The molecule has 3 rings (SSSR count). The number of esters is 1. The third-order valence-corrected chi connectivity index (χ3v) is 4.75. The molecule has 3 aromatic carbocycles. The minimum Gasteiger partial charge on any atom is -0.493 e. The first-order valence-corrected chi connectivity index (χ1v) is 10.7. The van der Waals surface area contributed by atoms with E-state index in [0.717, 1.165) is 5.56 Å². The lowest BCUT2D eigenvalue weighted by molar-refractivity contribution is -0.129. The Morgan fingerprint density at radius 3 is 2.41 bits per heavy atom. The number of ether oxygens (including phenoxy) is 3. The third kappa shape index (κ3) is 7.50. The summed E-state index contributed by atoms with van der Waals surface area (Å²) >= 11 is 5.84. The van der Waals surface area contributed by atoms with Crippen LogP contribution >= 0.6 is 11.6 Å². The molecule has 1 amide bonds. The smallest absolute Gasteiger partial charge is 0.336 e. The zero-order valence-electron chi connectivity index (χ0n) is 18.6. The van der Waals surface area contributed by atoms with Crippen LogP contribution in [0.3, 0.4) is 0 Å².